The Bertz CT molecular complexity index is 1420. The number of hydrogen-bond acceptors (Lipinski definition) is 5. The van der Waals surface area contributed by atoms with Gasteiger partial charge in [0.25, 0.3) is 5.91 Å². The fraction of sp³-hybridized carbons (Fsp3) is 0.269. The van der Waals surface area contributed by atoms with Gasteiger partial charge in [-0.1, -0.05) is 30.5 Å². The van der Waals surface area contributed by atoms with Crippen molar-refractivity contribution in [2.24, 2.45) is 0 Å². The Morgan fingerprint density at radius 1 is 1.13 bits per heavy atom. The van der Waals surface area contributed by atoms with Gasteiger partial charge in [-0.15, -0.1) is 0 Å². The number of hydrogen-bond donors (Lipinski definition) is 4. The molecule has 0 spiro atoms. The molecule has 2 heterocycles. The van der Waals surface area contributed by atoms with E-state index < -0.39 is 29.6 Å². The zero-order chi connectivity index (χ0) is 27.4. The van der Waals surface area contributed by atoms with Crippen LogP contribution in [0.15, 0.2) is 42.7 Å². The number of benzene rings is 2. The van der Waals surface area contributed by atoms with E-state index in [9.17, 15) is 28.7 Å². The monoisotopic (exact) mass is 541 g/mol. The van der Waals surface area contributed by atoms with Gasteiger partial charge in [0, 0.05) is 6.42 Å². The molecular formula is C26H25ClFN5O5. The van der Waals surface area contributed by atoms with Gasteiger partial charge in [0.05, 0.1) is 33.3 Å². The second kappa shape index (κ2) is 11.4. The fourth-order valence-electron chi connectivity index (χ4n) is 4.18. The number of nitrogens with zero attached hydrogens (tertiary/aromatic N) is 2. The second-order valence-electron chi connectivity index (χ2n) is 8.85. The van der Waals surface area contributed by atoms with Crippen LogP contribution in [0.1, 0.15) is 58.6 Å². The summed E-state index contributed by atoms with van der Waals surface area (Å²) in [5, 5.41) is 17.3. The molecule has 1 atom stereocenters. The second-order valence-corrected chi connectivity index (χ2v) is 9.26. The SMILES string of the molecule is Cc1c(C(=O)N[C@H]2CCCCCC(=O)Nc3cc(C(=O)O)ccc3NC2=O)ncn1-c1cccc(Cl)c1F. The first-order chi connectivity index (χ1) is 18.2. The number of aromatic carboxylic acids is 1. The van der Waals surface area contributed by atoms with Gasteiger partial charge < -0.3 is 21.1 Å². The summed E-state index contributed by atoms with van der Waals surface area (Å²) >= 11 is 5.89. The molecule has 1 aliphatic heterocycles. The minimum absolute atomic E-state index is 0.0158. The number of carbonyl (C=O) groups excluding carboxylic acids is 3. The Hall–Kier alpha value is -4.25. The molecule has 2 aromatic carbocycles. The van der Waals surface area contributed by atoms with Gasteiger partial charge in [-0.25, -0.2) is 14.2 Å². The average molecular weight is 542 g/mol. The predicted octanol–water partition coefficient (Wildman–Crippen LogP) is 4.31. The quantitative estimate of drug-likeness (QED) is 0.387. The number of nitrogens with one attached hydrogen (secondary N) is 3. The first kappa shape index (κ1) is 26.8. The van der Waals surface area contributed by atoms with E-state index in [1.807, 2.05) is 0 Å². The van der Waals surface area contributed by atoms with Crippen molar-refractivity contribution in [1.82, 2.24) is 14.9 Å². The molecule has 0 radical (unpaired) electrons. The topological polar surface area (TPSA) is 142 Å². The molecule has 0 aliphatic carbocycles. The van der Waals surface area contributed by atoms with E-state index >= 15 is 0 Å². The normalized spacial score (nSPS) is 16.3. The molecule has 3 aromatic rings. The number of halogens is 2. The van der Waals surface area contributed by atoms with Crippen LogP contribution in [-0.2, 0) is 9.59 Å². The number of imidazole rings is 1. The summed E-state index contributed by atoms with van der Waals surface area (Å²) in [6, 6.07) is 7.50. The predicted molar refractivity (Wildman–Crippen MR) is 138 cm³/mol. The number of amides is 3. The number of carbonyl (C=O) groups is 4. The molecule has 0 bridgehead atoms. The molecule has 4 rings (SSSR count). The zero-order valence-electron chi connectivity index (χ0n) is 20.4. The highest BCUT2D eigenvalue weighted by molar-refractivity contribution is 6.30. The molecule has 198 valence electrons. The van der Waals surface area contributed by atoms with Gasteiger partial charge in [0.15, 0.2) is 5.82 Å². The molecule has 10 nitrogen and oxygen atoms in total. The van der Waals surface area contributed by atoms with E-state index in [4.69, 9.17) is 11.6 Å². The van der Waals surface area contributed by atoms with Crippen molar-refractivity contribution in [3.05, 3.63) is 70.5 Å². The van der Waals surface area contributed by atoms with Crippen molar-refractivity contribution in [2.75, 3.05) is 10.6 Å². The highest BCUT2D eigenvalue weighted by atomic mass is 35.5. The van der Waals surface area contributed by atoms with Gasteiger partial charge in [-0.3, -0.25) is 19.0 Å². The Balaban J connectivity index is 1.58. The van der Waals surface area contributed by atoms with Gasteiger partial charge in [-0.2, -0.15) is 0 Å². The van der Waals surface area contributed by atoms with Gasteiger partial charge in [0.2, 0.25) is 11.8 Å². The Morgan fingerprint density at radius 2 is 1.92 bits per heavy atom. The van der Waals surface area contributed by atoms with Crippen molar-refractivity contribution >= 4 is 46.7 Å². The first-order valence-electron chi connectivity index (χ1n) is 11.9. The lowest BCUT2D eigenvalue weighted by Crippen LogP contribution is -2.44. The number of aromatic nitrogens is 2. The van der Waals surface area contributed by atoms with Crippen molar-refractivity contribution in [2.45, 2.75) is 45.1 Å². The fourth-order valence-corrected chi connectivity index (χ4v) is 4.35. The smallest absolute Gasteiger partial charge is 0.335 e. The van der Waals surface area contributed by atoms with Crippen LogP contribution in [0.4, 0.5) is 15.8 Å². The molecular weight excluding hydrogens is 517 g/mol. The summed E-state index contributed by atoms with van der Waals surface area (Å²) in [5.74, 6) is -3.30. The van der Waals surface area contributed by atoms with Crippen LogP contribution in [0.5, 0.6) is 0 Å². The number of carboxylic acids is 1. The molecule has 0 fully saturated rings. The summed E-state index contributed by atoms with van der Waals surface area (Å²) in [4.78, 5) is 54.2. The molecule has 1 aliphatic rings. The molecule has 0 unspecified atom stereocenters. The third kappa shape index (κ3) is 5.83. The number of rotatable bonds is 4. The molecule has 1 aromatic heterocycles. The van der Waals surface area contributed by atoms with Crippen LogP contribution in [-0.4, -0.2) is 44.4 Å². The zero-order valence-corrected chi connectivity index (χ0v) is 21.1. The first-order valence-corrected chi connectivity index (χ1v) is 12.3. The van der Waals surface area contributed by atoms with E-state index in [0.717, 1.165) is 0 Å². The van der Waals surface area contributed by atoms with E-state index in [-0.39, 0.29) is 45.7 Å². The molecule has 0 saturated heterocycles. The van der Waals surface area contributed by atoms with E-state index in [2.05, 4.69) is 20.9 Å². The summed E-state index contributed by atoms with van der Waals surface area (Å²) < 4.78 is 15.9. The van der Waals surface area contributed by atoms with E-state index in [0.29, 0.717) is 31.4 Å². The van der Waals surface area contributed by atoms with Crippen LogP contribution in [0.2, 0.25) is 5.02 Å². The van der Waals surface area contributed by atoms with Crippen LogP contribution >= 0.6 is 11.6 Å². The number of anilines is 2. The van der Waals surface area contributed by atoms with Crippen LogP contribution in [0, 0.1) is 12.7 Å². The van der Waals surface area contributed by atoms with E-state index in [1.54, 1.807) is 13.0 Å². The third-order valence-corrected chi connectivity index (χ3v) is 6.52. The minimum atomic E-state index is -1.18. The highest BCUT2D eigenvalue weighted by Gasteiger charge is 2.26. The molecule has 12 heteroatoms. The Kier molecular flexibility index (Phi) is 8.06. The molecule has 3 amide bonds. The summed E-state index contributed by atoms with van der Waals surface area (Å²) in [7, 11) is 0. The highest BCUT2D eigenvalue weighted by Crippen LogP contribution is 2.26. The van der Waals surface area contributed by atoms with Gasteiger partial charge >= 0.3 is 5.97 Å². The van der Waals surface area contributed by atoms with Crippen LogP contribution < -0.4 is 16.0 Å². The third-order valence-electron chi connectivity index (χ3n) is 6.23. The van der Waals surface area contributed by atoms with Crippen molar-refractivity contribution in [3.8, 4) is 5.69 Å². The maximum Gasteiger partial charge on any atom is 0.335 e. The van der Waals surface area contributed by atoms with Gasteiger partial charge in [0.1, 0.15) is 18.1 Å². The average Bonchev–Trinajstić information content (AvgIpc) is 3.25. The lowest BCUT2D eigenvalue weighted by molar-refractivity contribution is -0.118. The standard InChI is InChI=1S/C26H25ClFN5O5/c1-14-23(29-13-33(14)20-8-5-6-16(27)22(20)28)25(36)32-18-7-3-2-4-9-21(34)30-19-12-15(26(37)38)10-11-17(19)31-24(18)35/h5-6,8,10-13,18H,2-4,7,9H2,1H3,(H,30,34)(H,31,35)(H,32,36)(H,37,38)/t18-/m0/s1. The maximum absolute atomic E-state index is 14.5. The Labute approximate surface area is 222 Å². The number of fused-ring (bicyclic) bond motifs is 1. The lowest BCUT2D eigenvalue weighted by Gasteiger charge is -2.21. The van der Waals surface area contributed by atoms with Crippen LogP contribution in [0.25, 0.3) is 5.69 Å². The number of carboxylic acid groups (broad SMARTS) is 1. The van der Waals surface area contributed by atoms with Crippen LogP contribution in [0.3, 0.4) is 0 Å². The van der Waals surface area contributed by atoms with Crippen molar-refractivity contribution < 1.29 is 28.7 Å². The van der Waals surface area contributed by atoms with Crippen molar-refractivity contribution in [3.63, 3.8) is 0 Å². The lowest BCUT2D eigenvalue weighted by atomic mass is 10.0. The van der Waals surface area contributed by atoms with Gasteiger partial charge in [-0.05, 0) is 50.1 Å². The van der Waals surface area contributed by atoms with E-state index in [1.165, 1.54) is 41.2 Å². The summed E-state index contributed by atoms with van der Waals surface area (Å²) in [5.41, 5.74) is 0.785. The maximum atomic E-state index is 14.5. The Morgan fingerprint density at radius 3 is 2.68 bits per heavy atom. The van der Waals surface area contributed by atoms with Crippen molar-refractivity contribution in [1.29, 1.82) is 0 Å². The molecule has 0 saturated carbocycles. The largest absolute Gasteiger partial charge is 0.478 e. The summed E-state index contributed by atoms with van der Waals surface area (Å²) in [6.45, 7) is 1.60. The minimum Gasteiger partial charge on any atom is -0.478 e. The molecule has 4 N–H and O–H groups in total. The molecule has 38 heavy (non-hydrogen) atoms. The summed E-state index contributed by atoms with van der Waals surface area (Å²) in [6.07, 6.45) is 3.58.